The van der Waals surface area contributed by atoms with Crippen LogP contribution in [-0.4, -0.2) is 52.2 Å². The third-order valence-corrected chi connectivity index (χ3v) is 8.98. The van der Waals surface area contributed by atoms with Gasteiger partial charge in [-0.2, -0.15) is 0 Å². The van der Waals surface area contributed by atoms with Gasteiger partial charge in [0.2, 0.25) is 11.6 Å². The van der Waals surface area contributed by atoms with Gasteiger partial charge in [0.05, 0.1) is 13.5 Å². The number of nitroso groups, excluding NO2 is 1. The van der Waals surface area contributed by atoms with Crippen molar-refractivity contribution in [1.82, 2.24) is 0 Å². The predicted octanol–water partition coefficient (Wildman–Crippen LogP) is 3.48. The summed E-state index contributed by atoms with van der Waals surface area (Å²) in [5, 5.41) is 3.42. The Bertz CT molecular complexity index is 1100. The molecule has 8 heteroatoms. The first kappa shape index (κ1) is 23.8. The van der Waals surface area contributed by atoms with Crippen molar-refractivity contribution >= 4 is 71.1 Å². The van der Waals surface area contributed by atoms with Crippen molar-refractivity contribution < 1.29 is 19.2 Å². The molecule has 2 aliphatic carbocycles. The SMILES string of the molecule is CC1(C)C2CCC1(C(=O)P(C(=O)c1ccccc1N=O)c1ccccc1)C(=O)C2=O.[NaH]. The van der Waals surface area contributed by atoms with Crippen LogP contribution in [0.3, 0.4) is 0 Å². The summed E-state index contributed by atoms with van der Waals surface area (Å²) in [7, 11) is -2.17. The van der Waals surface area contributed by atoms with Crippen molar-refractivity contribution in [2.24, 2.45) is 21.9 Å². The third kappa shape index (κ3) is 3.32. The van der Waals surface area contributed by atoms with Crippen LogP contribution in [0.25, 0.3) is 0 Å². The maximum atomic E-state index is 14.0. The fourth-order valence-corrected chi connectivity index (χ4v) is 7.44. The van der Waals surface area contributed by atoms with Crippen molar-refractivity contribution in [1.29, 1.82) is 0 Å². The molecule has 2 aromatic carbocycles. The molecule has 2 saturated carbocycles. The molecule has 2 aliphatic rings. The predicted molar refractivity (Wildman–Crippen MR) is 120 cm³/mol. The van der Waals surface area contributed by atoms with Crippen molar-refractivity contribution in [3.05, 3.63) is 65.1 Å². The van der Waals surface area contributed by atoms with Crippen molar-refractivity contribution in [3.63, 3.8) is 0 Å². The molecule has 4 rings (SSSR count). The van der Waals surface area contributed by atoms with Gasteiger partial charge in [-0.05, 0) is 40.9 Å². The zero-order valence-corrected chi connectivity index (χ0v) is 17.5. The Labute approximate surface area is 203 Å². The van der Waals surface area contributed by atoms with E-state index in [9.17, 15) is 24.1 Å². The van der Waals surface area contributed by atoms with Gasteiger partial charge in [-0.25, -0.2) is 0 Å². The van der Waals surface area contributed by atoms with Crippen molar-refractivity contribution in [2.45, 2.75) is 26.7 Å². The maximum absolute atomic E-state index is 14.0. The van der Waals surface area contributed by atoms with Gasteiger partial charge < -0.3 is 0 Å². The van der Waals surface area contributed by atoms with Gasteiger partial charge >= 0.3 is 29.6 Å². The van der Waals surface area contributed by atoms with Crippen LogP contribution in [-0.2, 0) is 14.4 Å². The second-order valence-corrected chi connectivity index (χ2v) is 10.3. The Hall–Kier alpha value is -1.85. The van der Waals surface area contributed by atoms with Crippen LogP contribution in [0.15, 0.2) is 59.8 Å². The number of carbonyl (C=O) groups is 4. The standard InChI is InChI=1S/C23H20NO5P.Na.H/c1-22(2)16-12-13-23(22,19(26)18(16)25)21(28)30(14-8-4-3-5-9-14)20(27)15-10-6-7-11-17(15)24-29;;/h3-11,16H,12-13H2,1-2H3;;. The van der Waals surface area contributed by atoms with E-state index in [2.05, 4.69) is 5.18 Å². The van der Waals surface area contributed by atoms with E-state index in [0.717, 1.165) is 0 Å². The molecule has 6 nitrogen and oxygen atoms in total. The first-order valence-electron chi connectivity index (χ1n) is 9.72. The van der Waals surface area contributed by atoms with Crippen LogP contribution in [0.1, 0.15) is 37.0 Å². The number of nitrogens with zero attached hydrogens (tertiary/aromatic N) is 1. The number of rotatable bonds is 6. The van der Waals surface area contributed by atoms with E-state index < -0.39 is 47.3 Å². The summed E-state index contributed by atoms with van der Waals surface area (Å²) < 4.78 is 0. The number of benzene rings is 2. The fraction of sp³-hybridized carbons (Fsp3) is 0.304. The molecule has 0 heterocycles. The van der Waals surface area contributed by atoms with Crippen LogP contribution >= 0.6 is 7.92 Å². The minimum absolute atomic E-state index is 0. The zero-order valence-electron chi connectivity index (χ0n) is 16.6. The number of carbonyl (C=O) groups excluding carboxylic acids is 4. The molecule has 0 saturated heterocycles. The van der Waals surface area contributed by atoms with Crippen LogP contribution in [0, 0.1) is 21.7 Å². The number of fused-ring (bicyclic) bond motifs is 2. The van der Waals surface area contributed by atoms with Crippen LogP contribution in [0.5, 0.6) is 0 Å². The second kappa shape index (κ2) is 8.59. The topological polar surface area (TPSA) is 97.7 Å². The fourth-order valence-electron chi connectivity index (χ4n) is 5.00. The summed E-state index contributed by atoms with van der Waals surface area (Å²) in [4.78, 5) is 64.5. The van der Waals surface area contributed by atoms with E-state index in [1.54, 1.807) is 56.3 Å². The quantitative estimate of drug-likeness (QED) is 0.223. The summed E-state index contributed by atoms with van der Waals surface area (Å²) in [5.41, 5.74) is -3.38. The Balaban J connectivity index is 0.00000272. The average molecular weight is 445 g/mol. The number of Topliss-reactive ketones (excluding diaryl/α,β-unsaturated/α-hetero) is 2. The molecule has 3 atom stereocenters. The Morgan fingerprint density at radius 1 is 1.00 bits per heavy atom. The molecule has 2 bridgehead atoms. The molecule has 0 N–H and O–H groups in total. The monoisotopic (exact) mass is 445 g/mol. The zero-order chi connectivity index (χ0) is 21.7. The molecule has 31 heavy (non-hydrogen) atoms. The molecular formula is C23H21NNaO5P. The Morgan fingerprint density at radius 3 is 2.19 bits per heavy atom. The molecule has 3 unspecified atom stereocenters. The molecule has 2 fully saturated rings. The minimum atomic E-state index is -2.17. The number of ketones is 2. The van der Waals surface area contributed by atoms with E-state index in [4.69, 9.17) is 0 Å². The number of hydrogen-bond donors (Lipinski definition) is 0. The van der Waals surface area contributed by atoms with Gasteiger partial charge in [-0.15, -0.1) is 4.91 Å². The first-order valence-corrected chi connectivity index (χ1v) is 11.1. The molecule has 0 aliphatic heterocycles. The summed E-state index contributed by atoms with van der Waals surface area (Å²) in [6, 6.07) is 14.6. The number of hydrogen-bond acceptors (Lipinski definition) is 6. The Morgan fingerprint density at radius 2 is 1.61 bits per heavy atom. The first-order chi connectivity index (χ1) is 14.3. The van der Waals surface area contributed by atoms with Crippen LogP contribution in [0.4, 0.5) is 5.69 Å². The molecule has 2 aromatic rings. The van der Waals surface area contributed by atoms with Crippen LogP contribution in [0.2, 0.25) is 0 Å². The summed E-state index contributed by atoms with van der Waals surface area (Å²) in [5.74, 6) is -1.68. The average Bonchev–Trinajstić information content (AvgIpc) is 3.11. The van der Waals surface area contributed by atoms with E-state index in [1.807, 2.05) is 0 Å². The van der Waals surface area contributed by atoms with E-state index >= 15 is 0 Å². The summed E-state index contributed by atoms with van der Waals surface area (Å²) in [6.07, 6.45) is 0.725. The van der Waals surface area contributed by atoms with E-state index in [0.29, 0.717) is 11.7 Å². The van der Waals surface area contributed by atoms with Crippen molar-refractivity contribution in [3.8, 4) is 0 Å². The molecule has 0 aromatic heterocycles. The van der Waals surface area contributed by atoms with Crippen LogP contribution < -0.4 is 5.30 Å². The van der Waals surface area contributed by atoms with Gasteiger partial charge in [0.15, 0.2) is 11.0 Å². The summed E-state index contributed by atoms with van der Waals surface area (Å²) >= 11 is 0. The molecule has 0 spiro atoms. The molecule has 154 valence electrons. The van der Waals surface area contributed by atoms with Gasteiger partial charge in [0, 0.05) is 5.92 Å². The van der Waals surface area contributed by atoms with Crippen molar-refractivity contribution in [2.75, 3.05) is 0 Å². The molecule has 0 amide bonds. The van der Waals surface area contributed by atoms with E-state index in [1.165, 1.54) is 12.1 Å². The second-order valence-electron chi connectivity index (χ2n) is 8.30. The molecule has 0 radical (unpaired) electrons. The van der Waals surface area contributed by atoms with Gasteiger partial charge in [0.25, 0.3) is 0 Å². The third-order valence-electron chi connectivity index (χ3n) is 6.73. The van der Waals surface area contributed by atoms with Gasteiger partial charge in [0.1, 0.15) is 11.1 Å². The van der Waals surface area contributed by atoms with Gasteiger partial charge in [-0.3, -0.25) is 19.2 Å². The molecular weight excluding hydrogens is 424 g/mol. The van der Waals surface area contributed by atoms with Gasteiger partial charge in [-0.1, -0.05) is 56.3 Å². The normalized spacial score (nSPS) is 24.4. The summed E-state index contributed by atoms with van der Waals surface area (Å²) in [6.45, 7) is 3.55. The van der Waals surface area contributed by atoms with E-state index in [-0.39, 0.29) is 47.2 Å². The Kier molecular flexibility index (Phi) is 6.60.